The lowest BCUT2D eigenvalue weighted by Gasteiger charge is -2.14. The SMILES string of the molecule is CCCC(C)NC(=O)c1cc(C#CCO)ccc1C. The lowest BCUT2D eigenvalue weighted by Crippen LogP contribution is -2.32. The summed E-state index contributed by atoms with van der Waals surface area (Å²) in [4.78, 5) is 12.2. The first kappa shape index (κ1) is 15.3. The summed E-state index contributed by atoms with van der Waals surface area (Å²) in [5.41, 5.74) is 2.32. The van der Waals surface area contributed by atoms with Gasteiger partial charge < -0.3 is 10.4 Å². The number of carbonyl (C=O) groups is 1. The summed E-state index contributed by atoms with van der Waals surface area (Å²) in [5.74, 6) is 5.34. The van der Waals surface area contributed by atoms with Crippen LogP contribution >= 0.6 is 0 Å². The number of hydrogen-bond donors (Lipinski definition) is 2. The molecule has 1 unspecified atom stereocenters. The molecule has 3 heteroatoms. The van der Waals surface area contributed by atoms with Gasteiger partial charge in [0.15, 0.2) is 0 Å². The monoisotopic (exact) mass is 259 g/mol. The number of nitrogens with one attached hydrogen (secondary N) is 1. The van der Waals surface area contributed by atoms with Gasteiger partial charge in [0.1, 0.15) is 6.61 Å². The first-order valence-electron chi connectivity index (χ1n) is 6.59. The number of rotatable bonds is 4. The normalized spacial score (nSPS) is 11.4. The molecule has 1 amide bonds. The predicted molar refractivity (Wildman–Crippen MR) is 77.0 cm³/mol. The smallest absolute Gasteiger partial charge is 0.251 e. The van der Waals surface area contributed by atoms with Crippen LogP contribution in [0.1, 0.15) is 48.2 Å². The van der Waals surface area contributed by atoms with Crippen LogP contribution in [-0.2, 0) is 0 Å². The zero-order valence-electron chi connectivity index (χ0n) is 11.8. The standard InChI is InChI=1S/C16H21NO2/c1-4-6-13(3)17-16(19)15-11-14(7-5-10-18)9-8-12(15)2/h8-9,11,13,18H,4,6,10H2,1-3H3,(H,17,19). The van der Waals surface area contributed by atoms with E-state index in [0.717, 1.165) is 24.0 Å². The second kappa shape index (κ2) is 7.60. The van der Waals surface area contributed by atoms with Gasteiger partial charge in [-0.3, -0.25) is 4.79 Å². The van der Waals surface area contributed by atoms with E-state index in [0.29, 0.717) is 5.56 Å². The van der Waals surface area contributed by atoms with E-state index in [1.165, 1.54) is 0 Å². The molecule has 3 nitrogen and oxygen atoms in total. The van der Waals surface area contributed by atoms with Crippen LogP contribution in [0.5, 0.6) is 0 Å². The summed E-state index contributed by atoms with van der Waals surface area (Å²) in [6.45, 7) is 5.83. The molecule has 0 saturated heterocycles. The van der Waals surface area contributed by atoms with Crippen LogP contribution in [-0.4, -0.2) is 23.7 Å². The van der Waals surface area contributed by atoms with E-state index in [-0.39, 0.29) is 18.6 Å². The molecule has 102 valence electrons. The maximum atomic E-state index is 12.2. The summed E-state index contributed by atoms with van der Waals surface area (Å²) in [6.07, 6.45) is 2.01. The second-order valence-corrected chi connectivity index (χ2v) is 4.65. The van der Waals surface area contributed by atoms with E-state index in [4.69, 9.17) is 5.11 Å². The predicted octanol–water partition coefficient (Wildman–Crippen LogP) is 2.26. The number of hydrogen-bond acceptors (Lipinski definition) is 2. The molecular weight excluding hydrogens is 238 g/mol. The van der Waals surface area contributed by atoms with E-state index >= 15 is 0 Å². The van der Waals surface area contributed by atoms with E-state index in [9.17, 15) is 4.79 Å². The molecule has 0 saturated carbocycles. The van der Waals surface area contributed by atoms with E-state index in [1.807, 2.05) is 26.0 Å². The van der Waals surface area contributed by atoms with Gasteiger partial charge in [-0.25, -0.2) is 0 Å². The van der Waals surface area contributed by atoms with Crippen molar-refractivity contribution in [3.05, 3.63) is 34.9 Å². The highest BCUT2D eigenvalue weighted by Crippen LogP contribution is 2.11. The summed E-state index contributed by atoms with van der Waals surface area (Å²) in [6, 6.07) is 5.67. The molecule has 2 N–H and O–H groups in total. The molecular formula is C16H21NO2. The molecule has 1 rings (SSSR count). The average Bonchev–Trinajstić information content (AvgIpc) is 2.37. The van der Waals surface area contributed by atoms with Crippen molar-refractivity contribution in [2.45, 2.75) is 39.7 Å². The van der Waals surface area contributed by atoms with Crippen LogP contribution in [0.15, 0.2) is 18.2 Å². The van der Waals surface area contributed by atoms with Gasteiger partial charge in [0.25, 0.3) is 5.91 Å². The van der Waals surface area contributed by atoms with Crippen molar-refractivity contribution in [3.63, 3.8) is 0 Å². The third-order valence-corrected chi connectivity index (χ3v) is 2.89. The maximum Gasteiger partial charge on any atom is 0.251 e. The topological polar surface area (TPSA) is 49.3 Å². The molecule has 19 heavy (non-hydrogen) atoms. The Morgan fingerprint density at radius 2 is 2.21 bits per heavy atom. The van der Waals surface area contributed by atoms with Crippen LogP contribution in [0.4, 0.5) is 0 Å². The summed E-state index contributed by atoms with van der Waals surface area (Å²) in [5, 5.41) is 11.7. The Morgan fingerprint density at radius 1 is 1.47 bits per heavy atom. The first-order valence-corrected chi connectivity index (χ1v) is 6.59. The number of aliphatic hydroxyl groups excluding tert-OH is 1. The van der Waals surface area contributed by atoms with Crippen LogP contribution in [0.2, 0.25) is 0 Å². The zero-order valence-corrected chi connectivity index (χ0v) is 11.8. The van der Waals surface area contributed by atoms with Gasteiger partial charge in [-0.1, -0.05) is 31.3 Å². The Morgan fingerprint density at radius 3 is 2.84 bits per heavy atom. The molecule has 0 bridgehead atoms. The van der Waals surface area contributed by atoms with Crippen LogP contribution in [0.25, 0.3) is 0 Å². The molecule has 1 aromatic rings. The molecule has 0 aliphatic heterocycles. The van der Waals surface area contributed by atoms with Gasteiger partial charge in [-0.15, -0.1) is 0 Å². The molecule has 0 spiro atoms. The van der Waals surface area contributed by atoms with Gasteiger partial charge >= 0.3 is 0 Å². The minimum Gasteiger partial charge on any atom is -0.384 e. The van der Waals surface area contributed by atoms with Crippen molar-refractivity contribution in [2.24, 2.45) is 0 Å². The highest BCUT2D eigenvalue weighted by atomic mass is 16.2. The highest BCUT2D eigenvalue weighted by molar-refractivity contribution is 5.96. The minimum absolute atomic E-state index is 0.0638. The van der Waals surface area contributed by atoms with Crippen molar-refractivity contribution in [2.75, 3.05) is 6.61 Å². The Bertz CT molecular complexity index is 497. The number of carbonyl (C=O) groups excluding carboxylic acids is 1. The van der Waals surface area contributed by atoms with Gasteiger partial charge in [0.2, 0.25) is 0 Å². The van der Waals surface area contributed by atoms with E-state index in [2.05, 4.69) is 24.1 Å². The van der Waals surface area contributed by atoms with Crippen molar-refractivity contribution < 1.29 is 9.90 Å². The van der Waals surface area contributed by atoms with Crippen LogP contribution in [0, 0.1) is 18.8 Å². The fraction of sp³-hybridized carbons (Fsp3) is 0.438. The third kappa shape index (κ3) is 4.76. The molecule has 0 aliphatic rings. The van der Waals surface area contributed by atoms with Crippen molar-refractivity contribution in [1.29, 1.82) is 0 Å². The number of benzene rings is 1. The summed E-state index contributed by atoms with van der Waals surface area (Å²) < 4.78 is 0. The maximum absolute atomic E-state index is 12.2. The lowest BCUT2D eigenvalue weighted by molar-refractivity contribution is 0.0937. The molecule has 0 aliphatic carbocycles. The third-order valence-electron chi connectivity index (χ3n) is 2.89. The van der Waals surface area contributed by atoms with Crippen molar-refractivity contribution in [3.8, 4) is 11.8 Å². The zero-order chi connectivity index (χ0) is 14.3. The fourth-order valence-electron chi connectivity index (χ4n) is 1.89. The van der Waals surface area contributed by atoms with Gasteiger partial charge in [-0.05, 0) is 38.0 Å². The molecule has 1 atom stereocenters. The van der Waals surface area contributed by atoms with E-state index < -0.39 is 0 Å². The number of aliphatic hydroxyl groups is 1. The summed E-state index contributed by atoms with van der Waals surface area (Å²) >= 11 is 0. The van der Waals surface area contributed by atoms with Gasteiger partial charge in [-0.2, -0.15) is 0 Å². The largest absolute Gasteiger partial charge is 0.384 e. The fourth-order valence-corrected chi connectivity index (χ4v) is 1.89. The van der Waals surface area contributed by atoms with Crippen LogP contribution < -0.4 is 5.32 Å². The molecule has 0 aromatic heterocycles. The van der Waals surface area contributed by atoms with Crippen LogP contribution in [0.3, 0.4) is 0 Å². The Hall–Kier alpha value is -1.79. The highest BCUT2D eigenvalue weighted by Gasteiger charge is 2.11. The molecule has 0 heterocycles. The quantitative estimate of drug-likeness (QED) is 0.815. The number of amides is 1. The Labute approximate surface area is 115 Å². The van der Waals surface area contributed by atoms with Crippen molar-refractivity contribution in [1.82, 2.24) is 5.32 Å². The summed E-state index contributed by atoms with van der Waals surface area (Å²) in [7, 11) is 0. The van der Waals surface area contributed by atoms with Gasteiger partial charge in [0, 0.05) is 17.2 Å². The second-order valence-electron chi connectivity index (χ2n) is 4.65. The van der Waals surface area contributed by atoms with E-state index in [1.54, 1.807) is 6.07 Å². The van der Waals surface area contributed by atoms with Crippen molar-refractivity contribution >= 4 is 5.91 Å². The lowest BCUT2D eigenvalue weighted by atomic mass is 10.0. The molecule has 0 radical (unpaired) electrons. The minimum atomic E-state index is -0.178. The first-order chi connectivity index (χ1) is 9.08. The average molecular weight is 259 g/mol. The Kier molecular flexibility index (Phi) is 6.11. The number of aryl methyl sites for hydroxylation is 1. The molecule has 0 fully saturated rings. The van der Waals surface area contributed by atoms with Gasteiger partial charge in [0.05, 0.1) is 0 Å². The molecule has 1 aromatic carbocycles. The Balaban J connectivity index is 2.89.